The number of aldehydes is 1. The molecule has 3 heterocycles. The van der Waals surface area contributed by atoms with Crippen LogP contribution < -0.4 is 10.1 Å². The Balaban J connectivity index is 1.57. The molecule has 2 aliphatic heterocycles. The van der Waals surface area contributed by atoms with E-state index in [0.29, 0.717) is 25.5 Å². The van der Waals surface area contributed by atoms with E-state index >= 15 is 8.78 Å². The summed E-state index contributed by atoms with van der Waals surface area (Å²) in [4.78, 5) is 44.3. The molecule has 240 valence electrons. The van der Waals surface area contributed by atoms with Gasteiger partial charge in [0.2, 0.25) is 11.8 Å². The minimum atomic E-state index is -4.68. The van der Waals surface area contributed by atoms with Crippen LogP contribution in [-0.2, 0) is 26.4 Å². The van der Waals surface area contributed by atoms with Crippen LogP contribution in [0.3, 0.4) is 0 Å². The number of nitrogens with one attached hydrogen (secondary N) is 1. The topological polar surface area (TPSA) is 97.8 Å². The van der Waals surface area contributed by atoms with Crippen molar-refractivity contribution in [3.05, 3.63) is 35.4 Å². The molecule has 2 aromatic rings. The summed E-state index contributed by atoms with van der Waals surface area (Å²) in [5, 5.41) is 2.75. The Hall–Kier alpha value is -3.51. The number of amides is 2. The van der Waals surface area contributed by atoms with Gasteiger partial charge in [-0.2, -0.15) is 13.2 Å². The molecule has 3 aliphatic rings. The molecule has 1 aliphatic carbocycles. The van der Waals surface area contributed by atoms with Crippen LogP contribution >= 0.6 is 0 Å². The smallest absolute Gasteiger partial charge is 0.416 e. The van der Waals surface area contributed by atoms with Gasteiger partial charge in [0.15, 0.2) is 0 Å². The summed E-state index contributed by atoms with van der Waals surface area (Å²) >= 11 is 0. The molecular weight excluding hydrogens is 589 g/mol. The maximum absolute atomic E-state index is 15.8. The van der Waals surface area contributed by atoms with E-state index in [2.05, 4.69) is 10.3 Å². The van der Waals surface area contributed by atoms with Gasteiger partial charge in [-0.1, -0.05) is 40.2 Å². The first-order valence-electron chi connectivity index (χ1n) is 14.8. The lowest BCUT2D eigenvalue weighted by Crippen LogP contribution is -2.56. The molecule has 1 saturated heterocycles. The summed E-state index contributed by atoms with van der Waals surface area (Å²) in [5.41, 5.74) is -2.54. The third-order valence-corrected chi connectivity index (χ3v) is 8.86. The third-order valence-electron chi connectivity index (χ3n) is 8.86. The highest BCUT2D eigenvalue weighted by Gasteiger charge is 2.49. The molecule has 0 radical (unpaired) electrons. The van der Waals surface area contributed by atoms with E-state index in [1.54, 1.807) is 27.7 Å². The van der Waals surface area contributed by atoms with Gasteiger partial charge in [0, 0.05) is 17.7 Å². The quantitative estimate of drug-likeness (QED) is 0.298. The second-order valence-corrected chi connectivity index (χ2v) is 13.2. The number of aromatic nitrogens is 1. The fourth-order valence-electron chi connectivity index (χ4n) is 6.05. The number of rotatable bonds is 1. The SMILES string of the molecule is C[C@@H]1[C@@H]2CN(C(=O)[C@H](C(C)(C)C)NC(=O)O[C@@H]3C[C@H]3CCCCC(F)(F)c3cc4ccc(C(F)(F)F)cc4nc3O2)[C@@H]1C=O. The first-order valence-corrected chi connectivity index (χ1v) is 14.8. The molecule has 8 nitrogen and oxygen atoms in total. The molecule has 13 heteroatoms. The van der Waals surface area contributed by atoms with Gasteiger partial charge < -0.3 is 24.5 Å². The first kappa shape index (κ1) is 31.9. The third kappa shape index (κ3) is 6.46. The van der Waals surface area contributed by atoms with Crippen molar-refractivity contribution in [3.63, 3.8) is 0 Å². The summed E-state index contributed by atoms with van der Waals surface area (Å²) < 4.78 is 83.5. The van der Waals surface area contributed by atoms with Gasteiger partial charge in [0.25, 0.3) is 5.92 Å². The van der Waals surface area contributed by atoms with Crippen molar-refractivity contribution in [2.24, 2.45) is 17.3 Å². The van der Waals surface area contributed by atoms with Gasteiger partial charge in [-0.25, -0.2) is 18.6 Å². The number of benzene rings is 1. The van der Waals surface area contributed by atoms with Crippen LogP contribution in [-0.4, -0.2) is 59.0 Å². The zero-order chi connectivity index (χ0) is 32.2. The molecule has 0 spiro atoms. The fraction of sp³-hybridized carbons (Fsp3) is 0.613. The van der Waals surface area contributed by atoms with E-state index in [1.807, 2.05) is 0 Å². The second-order valence-electron chi connectivity index (χ2n) is 13.2. The zero-order valence-corrected chi connectivity index (χ0v) is 24.9. The standard InChI is InChI=1S/C31H36F5N3O5/c1-16-22(15-40)39-14-24(16)43-26-20(11-17-8-9-19(31(34,35)36)13-21(17)37-26)30(32,33)10-6-5-7-18-12-23(18)44-28(42)38-25(27(39)41)29(2,3)4/h8-9,11,13,15-16,18,22-25H,5-7,10,12,14H2,1-4H3,(H,38,42)/t16-,18+,22+,23+,24-,25+/m0/s1. The van der Waals surface area contributed by atoms with Gasteiger partial charge in [-0.3, -0.25) is 4.79 Å². The number of carbonyl (C=O) groups is 3. The summed E-state index contributed by atoms with van der Waals surface area (Å²) in [7, 11) is 0. The number of alkyl halides is 5. The molecule has 1 N–H and O–H groups in total. The van der Waals surface area contributed by atoms with E-state index < -0.39 is 77.0 Å². The number of nitrogens with zero attached hydrogens (tertiary/aromatic N) is 2. The molecule has 5 rings (SSSR count). The van der Waals surface area contributed by atoms with Crippen LogP contribution in [0.1, 0.15) is 70.9 Å². The van der Waals surface area contributed by atoms with Crippen molar-refractivity contribution >= 4 is 29.2 Å². The van der Waals surface area contributed by atoms with Gasteiger partial charge in [0.1, 0.15) is 24.5 Å². The van der Waals surface area contributed by atoms with Crippen LogP contribution in [0, 0.1) is 17.3 Å². The largest absolute Gasteiger partial charge is 0.472 e. The minimum absolute atomic E-state index is 0.0146. The highest BCUT2D eigenvalue weighted by molar-refractivity contribution is 5.89. The van der Waals surface area contributed by atoms with E-state index in [9.17, 15) is 27.6 Å². The Morgan fingerprint density at radius 2 is 1.80 bits per heavy atom. The summed E-state index contributed by atoms with van der Waals surface area (Å²) in [5.74, 6) is -5.25. The van der Waals surface area contributed by atoms with Gasteiger partial charge >= 0.3 is 12.3 Å². The maximum atomic E-state index is 15.8. The van der Waals surface area contributed by atoms with E-state index in [4.69, 9.17) is 9.47 Å². The van der Waals surface area contributed by atoms with Crippen LogP contribution in [0.15, 0.2) is 24.3 Å². The van der Waals surface area contributed by atoms with Crippen LogP contribution in [0.25, 0.3) is 10.9 Å². The van der Waals surface area contributed by atoms with Gasteiger partial charge in [-0.15, -0.1) is 0 Å². The van der Waals surface area contributed by atoms with Crippen LogP contribution in [0.2, 0.25) is 0 Å². The molecular formula is C31H36F5N3O5. The first-order chi connectivity index (χ1) is 20.5. The lowest BCUT2D eigenvalue weighted by Gasteiger charge is -2.34. The van der Waals surface area contributed by atoms with Gasteiger partial charge in [0.05, 0.1) is 29.2 Å². The van der Waals surface area contributed by atoms with Crippen LogP contribution in [0.5, 0.6) is 5.88 Å². The predicted octanol–water partition coefficient (Wildman–Crippen LogP) is 6.24. The average molecular weight is 626 g/mol. The molecule has 1 aromatic heterocycles. The Bertz CT molecular complexity index is 1440. The highest BCUT2D eigenvalue weighted by atomic mass is 19.4. The molecule has 6 atom stereocenters. The van der Waals surface area contributed by atoms with Crippen molar-refractivity contribution in [2.45, 2.75) is 96.2 Å². The average Bonchev–Trinajstić information content (AvgIpc) is 3.59. The van der Waals surface area contributed by atoms with Crippen molar-refractivity contribution in [1.82, 2.24) is 15.2 Å². The Morgan fingerprint density at radius 3 is 2.45 bits per heavy atom. The number of alkyl carbamates (subject to hydrolysis) is 1. The molecule has 44 heavy (non-hydrogen) atoms. The number of fused-ring (bicyclic) bond motifs is 5. The van der Waals surface area contributed by atoms with E-state index in [-0.39, 0.29) is 35.9 Å². The predicted molar refractivity (Wildman–Crippen MR) is 149 cm³/mol. The van der Waals surface area contributed by atoms with E-state index in [0.717, 1.165) is 24.3 Å². The maximum Gasteiger partial charge on any atom is 0.416 e. The number of ether oxygens (including phenoxy) is 2. The monoisotopic (exact) mass is 625 g/mol. The highest BCUT2D eigenvalue weighted by Crippen LogP contribution is 2.44. The van der Waals surface area contributed by atoms with Gasteiger partial charge in [-0.05, 0) is 48.8 Å². The number of hydrogen-bond donors (Lipinski definition) is 1. The van der Waals surface area contributed by atoms with Crippen molar-refractivity contribution in [2.75, 3.05) is 6.54 Å². The number of halogens is 5. The molecule has 2 fully saturated rings. The Morgan fingerprint density at radius 1 is 1.07 bits per heavy atom. The molecule has 2 amide bonds. The number of carbonyl (C=O) groups excluding carboxylic acids is 3. The zero-order valence-electron chi connectivity index (χ0n) is 24.9. The van der Waals surface area contributed by atoms with Crippen molar-refractivity contribution in [3.8, 4) is 5.88 Å². The Labute approximate surface area is 251 Å². The summed E-state index contributed by atoms with van der Waals surface area (Å²) in [6, 6.07) is 1.68. The molecule has 2 bridgehead atoms. The molecule has 1 aromatic carbocycles. The number of pyridine rings is 1. The second kappa shape index (κ2) is 11.4. The Kier molecular flexibility index (Phi) is 8.30. The molecule has 0 unspecified atom stereocenters. The summed E-state index contributed by atoms with van der Waals surface area (Å²) in [6.07, 6.45) is -5.12. The minimum Gasteiger partial charge on any atom is -0.472 e. The summed E-state index contributed by atoms with van der Waals surface area (Å²) in [6.45, 7) is 6.64. The van der Waals surface area contributed by atoms with Crippen molar-refractivity contribution in [1.29, 1.82) is 0 Å². The van der Waals surface area contributed by atoms with E-state index in [1.165, 1.54) is 4.90 Å². The van der Waals surface area contributed by atoms with Crippen LogP contribution in [0.4, 0.5) is 26.7 Å². The van der Waals surface area contributed by atoms with Crippen molar-refractivity contribution < 1.29 is 45.8 Å². The lowest BCUT2D eigenvalue weighted by atomic mass is 9.85. The fourth-order valence-corrected chi connectivity index (χ4v) is 6.05. The normalized spacial score (nSPS) is 29.8. The lowest BCUT2D eigenvalue weighted by molar-refractivity contribution is -0.139. The molecule has 1 saturated carbocycles. The number of hydrogen-bond acceptors (Lipinski definition) is 6.